The maximum Gasteiger partial charge on any atom is 0.243 e. The number of hydrogen-bond donors (Lipinski definition) is 0. The van der Waals surface area contributed by atoms with Crippen molar-refractivity contribution in [3.05, 3.63) is 54.7 Å². The third kappa shape index (κ3) is 4.09. The van der Waals surface area contributed by atoms with E-state index < -0.39 is 10.0 Å². The average molecular weight is 438 g/mol. The lowest BCUT2D eigenvalue weighted by Gasteiger charge is -2.35. The van der Waals surface area contributed by atoms with Gasteiger partial charge in [-0.1, -0.05) is 30.3 Å². The van der Waals surface area contributed by atoms with Crippen LogP contribution in [-0.2, 0) is 10.0 Å². The normalized spacial score (nSPS) is 18.5. The Bertz CT molecular complexity index is 1170. The Morgan fingerprint density at radius 2 is 1.48 bits per heavy atom. The minimum Gasteiger partial charge on any atom is -0.354 e. The topological polar surface area (TPSA) is 69.6 Å². The zero-order chi connectivity index (χ0) is 21.3. The van der Waals surface area contributed by atoms with E-state index in [0.29, 0.717) is 31.1 Å². The molecule has 0 N–H and O–H groups in total. The van der Waals surface area contributed by atoms with Gasteiger partial charge in [-0.05, 0) is 48.2 Å². The summed E-state index contributed by atoms with van der Waals surface area (Å²) in [5.41, 5.74) is 0. The van der Waals surface area contributed by atoms with Crippen LogP contribution in [0.5, 0.6) is 0 Å². The van der Waals surface area contributed by atoms with E-state index in [1.807, 2.05) is 42.6 Å². The number of hydrogen-bond acceptors (Lipinski definition) is 6. The summed E-state index contributed by atoms with van der Waals surface area (Å²) in [7, 11) is -3.52. The van der Waals surface area contributed by atoms with Gasteiger partial charge in [-0.15, -0.1) is 0 Å². The number of benzene rings is 2. The first-order valence-corrected chi connectivity index (χ1v) is 12.4. The number of piperidine rings is 1. The standard InChI is InChI=1S/C23H27N5O2S/c29-31(30,21-9-8-19-6-2-3-7-20(19)18-21)28-16-14-26(15-17-28)22-10-11-24-23(25-22)27-12-4-1-5-13-27/h2-3,6-11,18H,1,4-5,12-17H2. The van der Waals surface area contributed by atoms with Crippen molar-refractivity contribution >= 4 is 32.6 Å². The number of nitrogens with zero attached hydrogens (tertiary/aromatic N) is 5. The molecule has 0 unspecified atom stereocenters. The summed E-state index contributed by atoms with van der Waals surface area (Å²) in [6, 6.07) is 15.1. The molecular formula is C23H27N5O2S. The highest BCUT2D eigenvalue weighted by Gasteiger charge is 2.29. The number of piperazine rings is 1. The van der Waals surface area contributed by atoms with Crippen LogP contribution < -0.4 is 9.80 Å². The van der Waals surface area contributed by atoms with E-state index in [0.717, 1.165) is 35.6 Å². The van der Waals surface area contributed by atoms with Crippen LogP contribution in [-0.4, -0.2) is 62.0 Å². The van der Waals surface area contributed by atoms with Gasteiger partial charge >= 0.3 is 0 Å². The van der Waals surface area contributed by atoms with Crippen LogP contribution in [0.2, 0.25) is 0 Å². The molecule has 2 aromatic carbocycles. The van der Waals surface area contributed by atoms with Gasteiger partial charge in [0.25, 0.3) is 0 Å². The third-order valence-electron chi connectivity index (χ3n) is 6.19. The van der Waals surface area contributed by atoms with Gasteiger partial charge in [-0.2, -0.15) is 9.29 Å². The molecule has 0 radical (unpaired) electrons. The first-order valence-electron chi connectivity index (χ1n) is 10.9. The number of rotatable bonds is 4. The van der Waals surface area contributed by atoms with Crippen LogP contribution >= 0.6 is 0 Å². The van der Waals surface area contributed by atoms with Gasteiger partial charge < -0.3 is 9.80 Å². The second-order valence-corrected chi connectivity index (χ2v) is 10.1. The molecule has 31 heavy (non-hydrogen) atoms. The Morgan fingerprint density at radius 1 is 0.742 bits per heavy atom. The summed E-state index contributed by atoms with van der Waals surface area (Å²) >= 11 is 0. The smallest absolute Gasteiger partial charge is 0.243 e. The highest BCUT2D eigenvalue weighted by Crippen LogP contribution is 2.24. The molecule has 1 aromatic heterocycles. The second-order valence-electron chi connectivity index (χ2n) is 8.16. The van der Waals surface area contributed by atoms with Gasteiger partial charge in [0.15, 0.2) is 0 Å². The molecule has 3 heterocycles. The minimum absolute atomic E-state index is 0.356. The number of aromatic nitrogens is 2. The van der Waals surface area contributed by atoms with E-state index in [1.165, 1.54) is 19.3 Å². The van der Waals surface area contributed by atoms with Crippen molar-refractivity contribution in [1.29, 1.82) is 0 Å². The monoisotopic (exact) mass is 437 g/mol. The predicted molar refractivity (Wildman–Crippen MR) is 123 cm³/mol. The Labute approximate surface area is 183 Å². The van der Waals surface area contributed by atoms with Crippen molar-refractivity contribution in [3.63, 3.8) is 0 Å². The fourth-order valence-corrected chi connectivity index (χ4v) is 5.85. The Kier molecular flexibility index (Phi) is 5.50. The molecule has 5 rings (SSSR count). The maximum absolute atomic E-state index is 13.2. The van der Waals surface area contributed by atoms with Gasteiger partial charge in [-0.3, -0.25) is 0 Å². The van der Waals surface area contributed by atoms with Crippen molar-refractivity contribution < 1.29 is 8.42 Å². The molecule has 2 aliphatic rings. The summed E-state index contributed by atoms with van der Waals surface area (Å²) in [6.45, 7) is 4.12. The van der Waals surface area contributed by atoms with Crippen molar-refractivity contribution in [2.24, 2.45) is 0 Å². The molecule has 3 aromatic rings. The van der Waals surface area contributed by atoms with E-state index >= 15 is 0 Å². The zero-order valence-electron chi connectivity index (χ0n) is 17.5. The first-order chi connectivity index (χ1) is 15.1. The molecule has 0 aliphatic carbocycles. The van der Waals surface area contributed by atoms with Crippen LogP contribution in [0.1, 0.15) is 19.3 Å². The maximum atomic E-state index is 13.2. The average Bonchev–Trinajstić information content (AvgIpc) is 2.84. The molecule has 0 bridgehead atoms. The van der Waals surface area contributed by atoms with Gasteiger partial charge in [-0.25, -0.2) is 13.4 Å². The zero-order valence-corrected chi connectivity index (χ0v) is 18.3. The summed E-state index contributed by atoms with van der Waals surface area (Å²) in [5.74, 6) is 1.65. The molecule has 2 aliphatic heterocycles. The lowest BCUT2D eigenvalue weighted by Crippen LogP contribution is -2.49. The summed E-state index contributed by atoms with van der Waals surface area (Å²) < 4.78 is 28.0. The highest BCUT2D eigenvalue weighted by atomic mass is 32.2. The summed E-state index contributed by atoms with van der Waals surface area (Å²) in [4.78, 5) is 14.0. The van der Waals surface area contributed by atoms with Crippen LogP contribution in [0.3, 0.4) is 0 Å². The van der Waals surface area contributed by atoms with Crippen molar-refractivity contribution in [2.45, 2.75) is 24.2 Å². The lowest BCUT2D eigenvalue weighted by molar-refractivity contribution is 0.384. The molecule has 0 atom stereocenters. The largest absolute Gasteiger partial charge is 0.354 e. The molecule has 2 saturated heterocycles. The quantitative estimate of drug-likeness (QED) is 0.625. The SMILES string of the molecule is O=S(=O)(c1ccc2ccccc2c1)N1CCN(c2ccnc(N3CCCCC3)n2)CC1. The fourth-order valence-electron chi connectivity index (χ4n) is 4.40. The van der Waals surface area contributed by atoms with E-state index in [4.69, 9.17) is 4.98 Å². The van der Waals surface area contributed by atoms with Gasteiger partial charge in [0.1, 0.15) is 5.82 Å². The van der Waals surface area contributed by atoms with Gasteiger partial charge in [0.05, 0.1) is 4.90 Å². The first kappa shape index (κ1) is 20.2. The molecule has 0 amide bonds. The van der Waals surface area contributed by atoms with Crippen LogP contribution in [0.15, 0.2) is 59.6 Å². The summed E-state index contributed by atoms with van der Waals surface area (Å²) in [5, 5.41) is 1.98. The lowest BCUT2D eigenvalue weighted by atomic mass is 10.1. The van der Waals surface area contributed by atoms with Crippen LogP contribution in [0, 0.1) is 0 Å². The number of fused-ring (bicyclic) bond motifs is 1. The van der Waals surface area contributed by atoms with Crippen molar-refractivity contribution in [3.8, 4) is 0 Å². The molecule has 2 fully saturated rings. The molecule has 8 heteroatoms. The number of anilines is 2. The number of sulfonamides is 1. The minimum atomic E-state index is -3.52. The summed E-state index contributed by atoms with van der Waals surface area (Å²) in [6.07, 6.45) is 5.44. The molecule has 0 saturated carbocycles. The van der Waals surface area contributed by atoms with Gasteiger partial charge in [0.2, 0.25) is 16.0 Å². The van der Waals surface area contributed by atoms with E-state index in [9.17, 15) is 8.42 Å². The third-order valence-corrected chi connectivity index (χ3v) is 8.08. The molecule has 0 spiro atoms. The van der Waals surface area contributed by atoms with E-state index in [2.05, 4.69) is 14.8 Å². The molecule has 7 nitrogen and oxygen atoms in total. The highest BCUT2D eigenvalue weighted by molar-refractivity contribution is 7.89. The van der Waals surface area contributed by atoms with E-state index in [1.54, 1.807) is 16.4 Å². The van der Waals surface area contributed by atoms with Crippen molar-refractivity contribution in [1.82, 2.24) is 14.3 Å². The van der Waals surface area contributed by atoms with Gasteiger partial charge in [0, 0.05) is 45.5 Å². The predicted octanol–water partition coefficient (Wildman–Crippen LogP) is 3.13. The molecular weight excluding hydrogens is 410 g/mol. The fraction of sp³-hybridized carbons (Fsp3) is 0.391. The van der Waals surface area contributed by atoms with E-state index in [-0.39, 0.29) is 0 Å². The van der Waals surface area contributed by atoms with Crippen LogP contribution in [0.4, 0.5) is 11.8 Å². The second kappa shape index (κ2) is 8.43. The van der Waals surface area contributed by atoms with Crippen molar-refractivity contribution in [2.75, 3.05) is 49.1 Å². The van der Waals surface area contributed by atoms with Crippen LogP contribution in [0.25, 0.3) is 10.8 Å². The Morgan fingerprint density at radius 3 is 2.26 bits per heavy atom. The Balaban J connectivity index is 1.29. The Hall–Kier alpha value is -2.71. The molecule has 162 valence electrons.